The summed E-state index contributed by atoms with van der Waals surface area (Å²) < 4.78 is 4.80. The molecule has 0 aromatic rings. The lowest BCUT2D eigenvalue weighted by atomic mass is 9.94. The summed E-state index contributed by atoms with van der Waals surface area (Å²) >= 11 is 0. The SMILES string of the molecule is COC(O)CC1CC[NH2+]CC1. The molecule has 1 aliphatic heterocycles. The van der Waals surface area contributed by atoms with Crippen LogP contribution in [0.2, 0.25) is 0 Å². The van der Waals surface area contributed by atoms with Crippen LogP contribution in [0.15, 0.2) is 0 Å². The summed E-state index contributed by atoms with van der Waals surface area (Å²) in [6.07, 6.45) is 2.71. The van der Waals surface area contributed by atoms with E-state index >= 15 is 0 Å². The van der Waals surface area contributed by atoms with Crippen LogP contribution in [0.5, 0.6) is 0 Å². The van der Waals surface area contributed by atoms with Gasteiger partial charge in [-0.15, -0.1) is 0 Å². The summed E-state index contributed by atoms with van der Waals surface area (Å²) in [6.45, 7) is 2.42. The standard InChI is InChI=1S/C8H17NO2/c1-11-8(10)6-7-2-4-9-5-3-7/h7-10H,2-6H2,1H3/p+1. The minimum absolute atomic E-state index is 0.543. The lowest BCUT2D eigenvalue weighted by molar-refractivity contribution is -0.665. The quantitative estimate of drug-likeness (QED) is 0.537. The molecule has 3 nitrogen and oxygen atoms in total. The average molecular weight is 160 g/mol. The zero-order valence-corrected chi connectivity index (χ0v) is 7.12. The van der Waals surface area contributed by atoms with Crippen LogP contribution in [0, 0.1) is 5.92 Å². The van der Waals surface area contributed by atoms with Gasteiger partial charge in [-0.2, -0.15) is 0 Å². The Morgan fingerprint density at radius 2 is 2.18 bits per heavy atom. The third-order valence-electron chi connectivity index (χ3n) is 2.37. The Bertz CT molecular complexity index is 102. The van der Waals surface area contributed by atoms with Gasteiger partial charge in [0.15, 0.2) is 6.29 Å². The molecule has 1 unspecified atom stereocenters. The van der Waals surface area contributed by atoms with Crippen LogP contribution < -0.4 is 5.32 Å². The Balaban J connectivity index is 2.13. The highest BCUT2D eigenvalue weighted by Gasteiger charge is 2.18. The fourth-order valence-corrected chi connectivity index (χ4v) is 1.61. The summed E-state index contributed by atoms with van der Waals surface area (Å²) in [5.41, 5.74) is 0. The predicted molar refractivity (Wildman–Crippen MR) is 42.0 cm³/mol. The highest BCUT2D eigenvalue weighted by molar-refractivity contribution is 4.62. The van der Waals surface area contributed by atoms with Crippen LogP contribution in [0.25, 0.3) is 0 Å². The molecule has 3 N–H and O–H groups in total. The molecule has 1 aliphatic rings. The third-order valence-corrected chi connectivity index (χ3v) is 2.37. The molecule has 0 amide bonds. The smallest absolute Gasteiger partial charge is 0.154 e. The largest absolute Gasteiger partial charge is 0.368 e. The van der Waals surface area contributed by atoms with Crippen molar-refractivity contribution < 1.29 is 15.2 Å². The molecule has 3 heteroatoms. The van der Waals surface area contributed by atoms with E-state index in [4.69, 9.17) is 4.74 Å². The fraction of sp³-hybridized carbons (Fsp3) is 1.00. The summed E-state index contributed by atoms with van der Waals surface area (Å²) in [7, 11) is 1.56. The highest BCUT2D eigenvalue weighted by Crippen LogP contribution is 2.15. The van der Waals surface area contributed by atoms with Gasteiger partial charge in [0.05, 0.1) is 13.1 Å². The Morgan fingerprint density at radius 1 is 1.55 bits per heavy atom. The van der Waals surface area contributed by atoms with Gasteiger partial charge in [0.2, 0.25) is 0 Å². The zero-order chi connectivity index (χ0) is 8.10. The summed E-state index contributed by atoms with van der Waals surface area (Å²) in [4.78, 5) is 0. The lowest BCUT2D eigenvalue weighted by Gasteiger charge is -2.21. The predicted octanol–water partition coefficient (Wildman–Crippen LogP) is -0.685. The summed E-state index contributed by atoms with van der Waals surface area (Å²) in [6, 6.07) is 0. The van der Waals surface area contributed by atoms with Gasteiger partial charge < -0.3 is 15.2 Å². The van der Waals surface area contributed by atoms with E-state index in [1.54, 1.807) is 7.11 Å². The molecule has 1 rings (SSSR count). The van der Waals surface area contributed by atoms with Crippen molar-refractivity contribution in [1.82, 2.24) is 0 Å². The Kier molecular flexibility index (Phi) is 3.83. The van der Waals surface area contributed by atoms with Gasteiger partial charge in [0.1, 0.15) is 0 Å². The van der Waals surface area contributed by atoms with Crippen LogP contribution in [0.3, 0.4) is 0 Å². The van der Waals surface area contributed by atoms with Gasteiger partial charge in [-0.25, -0.2) is 0 Å². The van der Waals surface area contributed by atoms with Crippen molar-refractivity contribution in [3.8, 4) is 0 Å². The van der Waals surface area contributed by atoms with Crippen molar-refractivity contribution in [2.45, 2.75) is 25.6 Å². The van der Waals surface area contributed by atoms with E-state index < -0.39 is 6.29 Å². The summed E-state index contributed by atoms with van der Waals surface area (Å²) in [5, 5.41) is 11.5. The molecule has 66 valence electrons. The fourth-order valence-electron chi connectivity index (χ4n) is 1.61. The number of nitrogens with two attached hydrogens (primary N) is 1. The van der Waals surface area contributed by atoms with Crippen molar-refractivity contribution in [3.05, 3.63) is 0 Å². The molecule has 0 spiro atoms. The molecule has 0 aromatic heterocycles. The maximum absolute atomic E-state index is 9.18. The van der Waals surface area contributed by atoms with Crippen molar-refractivity contribution in [1.29, 1.82) is 0 Å². The van der Waals surface area contributed by atoms with E-state index in [1.807, 2.05) is 0 Å². The molecule has 0 aliphatic carbocycles. The van der Waals surface area contributed by atoms with E-state index in [1.165, 1.54) is 25.9 Å². The van der Waals surface area contributed by atoms with Crippen LogP contribution >= 0.6 is 0 Å². The molecule has 11 heavy (non-hydrogen) atoms. The number of piperidine rings is 1. The first-order valence-corrected chi connectivity index (χ1v) is 4.35. The zero-order valence-electron chi connectivity index (χ0n) is 7.12. The van der Waals surface area contributed by atoms with Gasteiger partial charge in [0, 0.05) is 13.5 Å². The number of methoxy groups -OCH3 is 1. The van der Waals surface area contributed by atoms with Gasteiger partial charge in [-0.1, -0.05) is 0 Å². The number of aliphatic hydroxyl groups is 1. The van der Waals surface area contributed by atoms with E-state index in [-0.39, 0.29) is 0 Å². The van der Waals surface area contributed by atoms with Crippen LogP contribution in [-0.4, -0.2) is 31.6 Å². The Labute approximate surface area is 67.7 Å². The van der Waals surface area contributed by atoms with Gasteiger partial charge in [-0.05, 0) is 18.8 Å². The second-order valence-electron chi connectivity index (χ2n) is 3.24. The van der Waals surface area contributed by atoms with E-state index in [0.717, 1.165) is 6.42 Å². The highest BCUT2D eigenvalue weighted by atomic mass is 16.6. The molecule has 1 heterocycles. The maximum Gasteiger partial charge on any atom is 0.154 e. The number of quaternary nitrogens is 1. The van der Waals surface area contributed by atoms with E-state index in [2.05, 4.69) is 5.32 Å². The first-order chi connectivity index (χ1) is 5.33. The Hall–Kier alpha value is -0.120. The van der Waals surface area contributed by atoms with E-state index in [9.17, 15) is 5.11 Å². The molecular formula is C8H18NO2+. The second-order valence-corrected chi connectivity index (χ2v) is 3.24. The molecule has 0 saturated carbocycles. The third kappa shape index (κ3) is 3.18. The molecular weight excluding hydrogens is 142 g/mol. The number of hydrogen-bond acceptors (Lipinski definition) is 2. The molecule has 0 bridgehead atoms. The van der Waals surface area contributed by atoms with Gasteiger partial charge in [-0.3, -0.25) is 0 Å². The van der Waals surface area contributed by atoms with Gasteiger partial charge in [0.25, 0.3) is 0 Å². The topological polar surface area (TPSA) is 46.1 Å². The van der Waals surface area contributed by atoms with E-state index in [0.29, 0.717) is 5.92 Å². The monoisotopic (exact) mass is 160 g/mol. The minimum Gasteiger partial charge on any atom is -0.368 e. The van der Waals surface area contributed by atoms with Crippen LogP contribution in [0.1, 0.15) is 19.3 Å². The van der Waals surface area contributed by atoms with Gasteiger partial charge >= 0.3 is 0 Å². The number of aliphatic hydroxyl groups excluding tert-OH is 1. The average Bonchev–Trinajstić information content (AvgIpc) is 2.06. The van der Waals surface area contributed by atoms with Crippen molar-refractivity contribution in [2.75, 3.05) is 20.2 Å². The molecule has 0 aromatic carbocycles. The molecule has 0 radical (unpaired) electrons. The van der Waals surface area contributed by atoms with Crippen LogP contribution in [0.4, 0.5) is 0 Å². The minimum atomic E-state index is -0.543. The summed E-state index contributed by atoms with van der Waals surface area (Å²) in [5.74, 6) is 0.676. The van der Waals surface area contributed by atoms with Crippen LogP contribution in [-0.2, 0) is 4.74 Å². The number of rotatable bonds is 3. The molecule has 1 saturated heterocycles. The number of hydrogen-bond donors (Lipinski definition) is 2. The normalized spacial score (nSPS) is 23.5. The molecule has 1 atom stereocenters. The van der Waals surface area contributed by atoms with Crippen molar-refractivity contribution >= 4 is 0 Å². The van der Waals surface area contributed by atoms with Crippen molar-refractivity contribution in [2.24, 2.45) is 5.92 Å². The molecule has 1 fully saturated rings. The first kappa shape index (κ1) is 8.97. The maximum atomic E-state index is 9.18. The first-order valence-electron chi connectivity index (χ1n) is 4.35. The Morgan fingerprint density at radius 3 is 2.73 bits per heavy atom. The second kappa shape index (κ2) is 4.70. The lowest BCUT2D eigenvalue weighted by Crippen LogP contribution is -2.86. The number of ether oxygens (including phenoxy) is 1. The van der Waals surface area contributed by atoms with Crippen molar-refractivity contribution in [3.63, 3.8) is 0 Å².